The van der Waals surface area contributed by atoms with Crippen LogP contribution in [0.15, 0.2) is 62.6 Å². The monoisotopic (exact) mass is 382 g/mol. The number of hydrogen-bond acceptors (Lipinski definition) is 5. The summed E-state index contributed by atoms with van der Waals surface area (Å²) in [5, 5.41) is 5.05. The van der Waals surface area contributed by atoms with Gasteiger partial charge in [0.2, 0.25) is 11.7 Å². The minimum atomic E-state index is -0.410. The highest BCUT2D eigenvalue weighted by molar-refractivity contribution is 6.30. The first-order chi connectivity index (χ1) is 13.1. The number of fused-ring (bicyclic) bond motifs is 1. The van der Waals surface area contributed by atoms with E-state index in [1.54, 1.807) is 55.5 Å². The predicted octanol–water partition coefficient (Wildman–Crippen LogP) is 2.93. The van der Waals surface area contributed by atoms with Crippen LogP contribution in [0.4, 0.5) is 0 Å². The van der Waals surface area contributed by atoms with E-state index in [-0.39, 0.29) is 24.5 Å². The Balaban J connectivity index is 1.80. The molecule has 0 atom stereocenters. The highest BCUT2D eigenvalue weighted by Crippen LogP contribution is 2.19. The molecule has 0 aliphatic rings. The summed E-state index contributed by atoms with van der Waals surface area (Å²) in [5.41, 5.74) is 0.572. The van der Waals surface area contributed by atoms with E-state index in [1.807, 2.05) is 0 Å². The van der Waals surface area contributed by atoms with Crippen molar-refractivity contribution >= 4 is 22.5 Å². The summed E-state index contributed by atoms with van der Waals surface area (Å²) in [7, 11) is 0. The van der Waals surface area contributed by atoms with Crippen molar-refractivity contribution in [3.8, 4) is 11.4 Å². The highest BCUT2D eigenvalue weighted by atomic mass is 35.5. The Labute approximate surface area is 158 Å². The fraction of sp³-hybridized carbons (Fsp3) is 0.158. The normalized spacial score (nSPS) is 11.2. The largest absolute Gasteiger partial charge is 0.337 e. The summed E-state index contributed by atoms with van der Waals surface area (Å²) >= 11 is 5.90. The first-order valence-corrected chi connectivity index (χ1v) is 8.77. The van der Waals surface area contributed by atoms with Gasteiger partial charge in [0.25, 0.3) is 5.56 Å². The fourth-order valence-corrected chi connectivity index (χ4v) is 3.10. The van der Waals surface area contributed by atoms with Crippen LogP contribution in [-0.4, -0.2) is 19.3 Å². The number of aromatic nitrogens is 4. The topological polar surface area (TPSA) is 82.9 Å². The number of hydrogen-bond donors (Lipinski definition) is 0. The van der Waals surface area contributed by atoms with Crippen LogP contribution in [0.5, 0.6) is 0 Å². The lowest BCUT2D eigenvalue weighted by atomic mass is 10.2. The Hall–Kier alpha value is -3.19. The molecule has 2 heterocycles. The molecule has 0 saturated carbocycles. The lowest BCUT2D eigenvalue weighted by Crippen LogP contribution is -2.39. The van der Waals surface area contributed by atoms with Crippen LogP contribution < -0.4 is 11.2 Å². The molecule has 0 bridgehead atoms. The van der Waals surface area contributed by atoms with Crippen molar-refractivity contribution in [2.75, 3.05) is 0 Å². The zero-order valence-electron chi connectivity index (χ0n) is 14.4. The van der Waals surface area contributed by atoms with Crippen LogP contribution >= 0.6 is 11.6 Å². The van der Waals surface area contributed by atoms with Gasteiger partial charge in [-0.3, -0.25) is 13.9 Å². The van der Waals surface area contributed by atoms with Crippen molar-refractivity contribution in [1.29, 1.82) is 0 Å². The van der Waals surface area contributed by atoms with Gasteiger partial charge in [-0.05, 0) is 43.3 Å². The molecule has 4 aromatic rings. The summed E-state index contributed by atoms with van der Waals surface area (Å²) in [6.45, 7) is 2.11. The second kappa shape index (κ2) is 6.85. The van der Waals surface area contributed by atoms with E-state index in [9.17, 15) is 9.59 Å². The zero-order valence-corrected chi connectivity index (χ0v) is 15.2. The Morgan fingerprint density at radius 2 is 1.78 bits per heavy atom. The van der Waals surface area contributed by atoms with Gasteiger partial charge in [0, 0.05) is 17.1 Å². The third-order valence-corrected chi connectivity index (χ3v) is 4.56. The second-order valence-corrected chi connectivity index (χ2v) is 6.39. The van der Waals surface area contributed by atoms with Gasteiger partial charge in [-0.25, -0.2) is 4.79 Å². The van der Waals surface area contributed by atoms with Crippen LogP contribution in [0.25, 0.3) is 22.3 Å². The molecule has 0 aliphatic heterocycles. The molecule has 0 spiro atoms. The van der Waals surface area contributed by atoms with Gasteiger partial charge in [0.05, 0.1) is 10.9 Å². The summed E-state index contributed by atoms with van der Waals surface area (Å²) in [6.07, 6.45) is 0. The third-order valence-electron chi connectivity index (χ3n) is 4.31. The second-order valence-electron chi connectivity index (χ2n) is 5.95. The number of nitrogens with zero attached hydrogens (tertiary/aromatic N) is 4. The SMILES string of the molecule is CCn1c(=O)c2ccccc2n(Cc2nc(-c3ccc(Cl)cc3)no2)c1=O. The van der Waals surface area contributed by atoms with Crippen molar-refractivity contribution in [1.82, 2.24) is 19.3 Å². The summed E-state index contributed by atoms with van der Waals surface area (Å²) in [6, 6.07) is 14.0. The van der Waals surface area contributed by atoms with E-state index in [4.69, 9.17) is 16.1 Å². The summed E-state index contributed by atoms with van der Waals surface area (Å²) in [4.78, 5) is 29.6. The molecule has 0 unspecified atom stereocenters. The number of halogens is 1. The molecule has 0 amide bonds. The lowest BCUT2D eigenvalue weighted by Gasteiger charge is -2.11. The van der Waals surface area contributed by atoms with Crippen molar-refractivity contribution in [3.63, 3.8) is 0 Å². The van der Waals surface area contributed by atoms with Gasteiger partial charge < -0.3 is 4.52 Å². The molecule has 0 saturated heterocycles. The van der Waals surface area contributed by atoms with E-state index >= 15 is 0 Å². The van der Waals surface area contributed by atoms with Crippen LogP contribution in [0, 0.1) is 0 Å². The molecule has 0 radical (unpaired) electrons. The van der Waals surface area contributed by atoms with E-state index < -0.39 is 5.69 Å². The molecular formula is C19H15ClN4O3. The molecular weight excluding hydrogens is 368 g/mol. The standard InChI is InChI=1S/C19H15ClN4O3/c1-2-23-18(25)14-5-3-4-6-15(14)24(19(23)26)11-16-21-17(22-27-16)12-7-9-13(20)10-8-12/h3-10H,2,11H2,1H3. The van der Waals surface area contributed by atoms with Crippen LogP contribution in [-0.2, 0) is 13.1 Å². The maximum atomic E-state index is 12.8. The molecule has 27 heavy (non-hydrogen) atoms. The van der Waals surface area contributed by atoms with Gasteiger partial charge in [-0.2, -0.15) is 4.98 Å². The van der Waals surface area contributed by atoms with Gasteiger partial charge in [0.15, 0.2) is 0 Å². The van der Waals surface area contributed by atoms with Crippen molar-refractivity contribution in [3.05, 3.63) is 80.3 Å². The van der Waals surface area contributed by atoms with Gasteiger partial charge in [-0.15, -0.1) is 0 Å². The smallest absolute Gasteiger partial charge is 0.331 e. The van der Waals surface area contributed by atoms with E-state index in [0.717, 1.165) is 5.56 Å². The molecule has 7 nitrogen and oxygen atoms in total. The molecule has 0 N–H and O–H groups in total. The van der Waals surface area contributed by atoms with E-state index in [0.29, 0.717) is 21.7 Å². The fourth-order valence-electron chi connectivity index (χ4n) is 2.97. The first kappa shape index (κ1) is 17.2. The maximum Gasteiger partial charge on any atom is 0.331 e. The lowest BCUT2D eigenvalue weighted by molar-refractivity contribution is 0.369. The highest BCUT2D eigenvalue weighted by Gasteiger charge is 2.15. The molecule has 136 valence electrons. The molecule has 0 aliphatic carbocycles. The Morgan fingerprint density at radius 3 is 2.52 bits per heavy atom. The Bertz CT molecular complexity index is 1240. The molecule has 2 aromatic heterocycles. The molecule has 0 fully saturated rings. The summed E-state index contributed by atoms with van der Waals surface area (Å²) in [5.74, 6) is 0.677. The minimum Gasteiger partial charge on any atom is -0.337 e. The molecule has 4 rings (SSSR count). The van der Waals surface area contributed by atoms with Gasteiger partial charge in [0.1, 0.15) is 6.54 Å². The molecule has 2 aromatic carbocycles. The Morgan fingerprint density at radius 1 is 1.04 bits per heavy atom. The minimum absolute atomic E-state index is 0.0697. The quantitative estimate of drug-likeness (QED) is 0.542. The third kappa shape index (κ3) is 3.06. The average Bonchev–Trinajstić information content (AvgIpc) is 3.15. The van der Waals surface area contributed by atoms with Gasteiger partial charge >= 0.3 is 5.69 Å². The first-order valence-electron chi connectivity index (χ1n) is 8.39. The van der Waals surface area contributed by atoms with Crippen molar-refractivity contribution in [2.24, 2.45) is 0 Å². The van der Waals surface area contributed by atoms with Crippen LogP contribution in [0.2, 0.25) is 5.02 Å². The predicted molar refractivity (Wildman–Crippen MR) is 102 cm³/mol. The van der Waals surface area contributed by atoms with Gasteiger partial charge in [-0.1, -0.05) is 28.9 Å². The zero-order chi connectivity index (χ0) is 19.0. The number of para-hydroxylation sites is 1. The summed E-state index contributed by atoms with van der Waals surface area (Å²) < 4.78 is 7.98. The van der Waals surface area contributed by atoms with Crippen molar-refractivity contribution in [2.45, 2.75) is 20.0 Å². The number of benzene rings is 2. The Kier molecular flexibility index (Phi) is 4.37. The van der Waals surface area contributed by atoms with E-state index in [2.05, 4.69) is 10.1 Å². The number of rotatable bonds is 4. The van der Waals surface area contributed by atoms with Crippen molar-refractivity contribution < 1.29 is 4.52 Å². The average molecular weight is 383 g/mol. The molecule has 8 heteroatoms. The van der Waals surface area contributed by atoms with E-state index in [1.165, 1.54) is 9.13 Å². The maximum absolute atomic E-state index is 12.8. The van der Waals surface area contributed by atoms with Crippen LogP contribution in [0.3, 0.4) is 0 Å². The van der Waals surface area contributed by atoms with Crippen LogP contribution in [0.1, 0.15) is 12.8 Å².